The van der Waals surface area contributed by atoms with Crippen molar-refractivity contribution in [2.24, 2.45) is 5.73 Å². The van der Waals surface area contributed by atoms with Crippen LogP contribution in [0.4, 0.5) is 0 Å². The summed E-state index contributed by atoms with van der Waals surface area (Å²) in [6, 6.07) is 10.1. The van der Waals surface area contributed by atoms with Gasteiger partial charge < -0.3 is 10.5 Å². The Hall–Kier alpha value is -1.41. The highest BCUT2D eigenvalue weighted by atomic mass is 16.5. The summed E-state index contributed by atoms with van der Waals surface area (Å²) in [5.41, 5.74) is 8.12. The fourth-order valence-electron chi connectivity index (χ4n) is 2.47. The van der Waals surface area contributed by atoms with Crippen LogP contribution < -0.4 is 5.73 Å². The molecule has 18 heavy (non-hydrogen) atoms. The Morgan fingerprint density at radius 3 is 2.72 bits per heavy atom. The average molecular weight is 245 g/mol. The fourth-order valence-corrected chi connectivity index (χ4v) is 2.47. The molecule has 1 aromatic rings. The van der Waals surface area contributed by atoms with Gasteiger partial charge in [0.25, 0.3) is 0 Å². The van der Waals surface area contributed by atoms with Crippen molar-refractivity contribution >= 4 is 0 Å². The van der Waals surface area contributed by atoms with Crippen LogP contribution in [0.1, 0.15) is 17.0 Å². The monoisotopic (exact) mass is 245 g/mol. The molecule has 0 aromatic heterocycles. The van der Waals surface area contributed by atoms with E-state index >= 15 is 0 Å². The first kappa shape index (κ1) is 13.0. The van der Waals surface area contributed by atoms with Gasteiger partial charge in [0.2, 0.25) is 0 Å². The molecule has 2 atom stereocenters. The molecule has 1 heterocycles. The minimum absolute atomic E-state index is 0.162. The molecule has 2 rings (SSSR count). The highest BCUT2D eigenvalue weighted by Gasteiger charge is 2.30. The lowest BCUT2D eigenvalue weighted by molar-refractivity contribution is 0.160. The number of hydrogen-bond acceptors (Lipinski definition) is 4. The number of ether oxygens (including phenoxy) is 1. The van der Waals surface area contributed by atoms with E-state index in [0.29, 0.717) is 11.5 Å². The number of hydrogen-bond donors (Lipinski definition) is 1. The van der Waals surface area contributed by atoms with Crippen molar-refractivity contribution in [1.29, 1.82) is 5.26 Å². The van der Waals surface area contributed by atoms with Crippen molar-refractivity contribution in [3.63, 3.8) is 0 Å². The van der Waals surface area contributed by atoms with Crippen LogP contribution in [0.25, 0.3) is 0 Å². The smallest absolute Gasteiger partial charge is 0.0991 e. The zero-order chi connectivity index (χ0) is 13.0. The summed E-state index contributed by atoms with van der Waals surface area (Å²) in [6.45, 7) is 3.55. The molecule has 0 bridgehead atoms. The van der Waals surface area contributed by atoms with Crippen LogP contribution in [0.5, 0.6) is 0 Å². The zero-order valence-corrected chi connectivity index (χ0v) is 10.7. The van der Waals surface area contributed by atoms with Gasteiger partial charge >= 0.3 is 0 Å². The molecule has 1 saturated heterocycles. The van der Waals surface area contributed by atoms with Gasteiger partial charge in [0, 0.05) is 38.7 Å². The van der Waals surface area contributed by atoms with Crippen molar-refractivity contribution in [2.75, 3.05) is 33.4 Å². The highest BCUT2D eigenvalue weighted by molar-refractivity contribution is 5.34. The van der Waals surface area contributed by atoms with E-state index in [2.05, 4.69) is 11.0 Å². The van der Waals surface area contributed by atoms with Crippen molar-refractivity contribution in [1.82, 2.24) is 4.90 Å². The topological polar surface area (TPSA) is 62.3 Å². The van der Waals surface area contributed by atoms with Gasteiger partial charge in [0.15, 0.2) is 0 Å². The third-order valence-corrected chi connectivity index (χ3v) is 3.52. The van der Waals surface area contributed by atoms with Crippen molar-refractivity contribution in [3.8, 4) is 6.07 Å². The number of benzene rings is 1. The van der Waals surface area contributed by atoms with Crippen LogP contribution >= 0.6 is 0 Å². The molecule has 96 valence electrons. The zero-order valence-electron chi connectivity index (χ0n) is 10.7. The third kappa shape index (κ3) is 2.88. The van der Waals surface area contributed by atoms with Gasteiger partial charge in [-0.2, -0.15) is 5.26 Å². The van der Waals surface area contributed by atoms with Gasteiger partial charge in [-0.05, 0) is 17.7 Å². The van der Waals surface area contributed by atoms with Crippen molar-refractivity contribution < 1.29 is 4.74 Å². The van der Waals surface area contributed by atoms with Crippen LogP contribution in [-0.2, 0) is 4.74 Å². The first-order valence-electron chi connectivity index (χ1n) is 6.21. The fraction of sp³-hybridized carbons (Fsp3) is 0.500. The molecule has 1 aromatic carbocycles. The van der Waals surface area contributed by atoms with E-state index in [1.54, 1.807) is 7.11 Å². The van der Waals surface area contributed by atoms with E-state index in [1.165, 1.54) is 5.56 Å². The van der Waals surface area contributed by atoms with Gasteiger partial charge in [0.05, 0.1) is 18.2 Å². The molecule has 0 spiro atoms. The Morgan fingerprint density at radius 2 is 2.11 bits per heavy atom. The summed E-state index contributed by atoms with van der Waals surface area (Å²) in [5.74, 6) is 0.356. The Morgan fingerprint density at radius 1 is 1.39 bits per heavy atom. The second-order valence-corrected chi connectivity index (χ2v) is 4.76. The maximum absolute atomic E-state index is 8.79. The first-order chi connectivity index (χ1) is 8.74. The normalized spacial score (nSPS) is 24.1. The quantitative estimate of drug-likeness (QED) is 0.857. The lowest BCUT2D eigenvalue weighted by Crippen LogP contribution is -2.30. The molecule has 0 radical (unpaired) electrons. The van der Waals surface area contributed by atoms with Gasteiger partial charge in [-0.3, -0.25) is 4.90 Å². The first-order valence-corrected chi connectivity index (χ1v) is 6.21. The summed E-state index contributed by atoms with van der Waals surface area (Å²) in [4.78, 5) is 2.33. The number of rotatable bonds is 4. The second-order valence-electron chi connectivity index (χ2n) is 4.76. The predicted octanol–water partition coefficient (Wildman–Crippen LogP) is 0.931. The maximum Gasteiger partial charge on any atom is 0.0991 e. The maximum atomic E-state index is 8.79. The molecule has 0 amide bonds. The van der Waals surface area contributed by atoms with E-state index in [1.807, 2.05) is 24.3 Å². The van der Waals surface area contributed by atoms with Crippen LogP contribution in [0.15, 0.2) is 24.3 Å². The van der Waals surface area contributed by atoms with Gasteiger partial charge in [-0.15, -0.1) is 0 Å². The van der Waals surface area contributed by atoms with Crippen LogP contribution in [0.2, 0.25) is 0 Å². The average Bonchev–Trinajstić information content (AvgIpc) is 2.78. The minimum Gasteiger partial charge on any atom is -0.383 e. The molecule has 0 aliphatic carbocycles. The number of methoxy groups -OCH3 is 1. The number of likely N-dealkylation sites (tertiary alicyclic amines) is 1. The van der Waals surface area contributed by atoms with Crippen molar-refractivity contribution in [2.45, 2.75) is 12.0 Å². The van der Waals surface area contributed by atoms with Crippen LogP contribution in [-0.4, -0.2) is 44.3 Å². The summed E-state index contributed by atoms with van der Waals surface area (Å²) in [7, 11) is 1.72. The molecule has 0 saturated carbocycles. The van der Waals surface area contributed by atoms with Crippen LogP contribution in [0.3, 0.4) is 0 Å². The van der Waals surface area contributed by atoms with Gasteiger partial charge in [-0.1, -0.05) is 12.1 Å². The Labute approximate surface area is 108 Å². The summed E-state index contributed by atoms with van der Waals surface area (Å²) >= 11 is 0. The molecule has 4 nitrogen and oxygen atoms in total. The molecule has 2 N–H and O–H groups in total. The van der Waals surface area contributed by atoms with Crippen LogP contribution in [0, 0.1) is 11.3 Å². The number of nitrogens with zero attached hydrogens (tertiary/aromatic N) is 2. The van der Waals surface area contributed by atoms with E-state index in [0.717, 1.165) is 26.2 Å². The lowest BCUT2D eigenvalue weighted by Gasteiger charge is -2.15. The summed E-state index contributed by atoms with van der Waals surface area (Å²) < 4.78 is 5.09. The minimum atomic E-state index is 0.162. The van der Waals surface area contributed by atoms with E-state index in [-0.39, 0.29) is 6.04 Å². The van der Waals surface area contributed by atoms with Gasteiger partial charge in [-0.25, -0.2) is 0 Å². The Kier molecular flexibility index (Phi) is 4.32. The lowest BCUT2D eigenvalue weighted by atomic mass is 9.94. The van der Waals surface area contributed by atoms with Crippen molar-refractivity contribution in [3.05, 3.63) is 35.4 Å². The van der Waals surface area contributed by atoms with E-state index in [9.17, 15) is 0 Å². The summed E-state index contributed by atoms with van der Waals surface area (Å²) in [5, 5.41) is 8.79. The third-order valence-electron chi connectivity index (χ3n) is 3.52. The summed E-state index contributed by atoms with van der Waals surface area (Å²) in [6.07, 6.45) is 0. The molecular formula is C14H19N3O. The van der Waals surface area contributed by atoms with Gasteiger partial charge in [0.1, 0.15) is 0 Å². The van der Waals surface area contributed by atoms with E-state index < -0.39 is 0 Å². The Bertz CT molecular complexity index is 424. The number of nitriles is 1. The predicted molar refractivity (Wildman–Crippen MR) is 70.2 cm³/mol. The highest BCUT2D eigenvalue weighted by Crippen LogP contribution is 2.26. The molecule has 1 fully saturated rings. The Balaban J connectivity index is 2.02. The largest absolute Gasteiger partial charge is 0.383 e. The second kappa shape index (κ2) is 5.96. The molecular weight excluding hydrogens is 226 g/mol. The van der Waals surface area contributed by atoms with E-state index in [4.69, 9.17) is 15.7 Å². The molecule has 1 aliphatic rings. The standard InChI is InChI=1S/C14H19N3O/c1-18-7-6-17-9-13(14(16)10-17)12-4-2-11(8-15)3-5-12/h2-5,13-14H,6-7,9-10,16H2,1H3/t13-,14+/m1/s1. The molecule has 1 aliphatic heterocycles. The number of nitrogens with two attached hydrogens (primary N) is 1. The SMILES string of the molecule is COCCN1C[C@H](c2ccc(C#N)cc2)[C@@H](N)C1. The molecule has 4 heteroatoms. The molecule has 0 unspecified atom stereocenters.